The number of para-hydroxylation sites is 1. The topological polar surface area (TPSA) is 62.6 Å². The van der Waals surface area contributed by atoms with Crippen LogP contribution in [-0.2, 0) is 0 Å². The van der Waals surface area contributed by atoms with E-state index < -0.39 is 5.63 Å². The molecule has 1 N–H and O–H groups in total. The van der Waals surface area contributed by atoms with Gasteiger partial charge in [-0.2, -0.15) is 0 Å². The Bertz CT molecular complexity index is 1030. The standard InChI is InChI=1S/C20H18Cl2N2O3/c1-24(20(26)14-8-7-13(21)11-16(14)22)10-4-9-23-17-12-19(25)27-18-6-3-2-5-15(17)18/h2-3,5-8,11-12,23H,4,9-10H2,1H3. The van der Waals surface area contributed by atoms with Gasteiger partial charge in [-0.05, 0) is 36.8 Å². The number of nitrogens with zero attached hydrogens (tertiary/aromatic N) is 1. The van der Waals surface area contributed by atoms with Crippen molar-refractivity contribution in [1.29, 1.82) is 0 Å². The summed E-state index contributed by atoms with van der Waals surface area (Å²) in [5, 5.41) is 4.90. The Hall–Kier alpha value is -2.50. The number of amides is 1. The molecule has 1 amide bonds. The van der Waals surface area contributed by atoms with Crippen LogP contribution in [0.1, 0.15) is 16.8 Å². The molecule has 5 nitrogen and oxygen atoms in total. The molecule has 0 saturated carbocycles. The van der Waals surface area contributed by atoms with Crippen LogP contribution in [-0.4, -0.2) is 30.9 Å². The maximum absolute atomic E-state index is 12.5. The van der Waals surface area contributed by atoms with Gasteiger partial charge in [0.25, 0.3) is 5.91 Å². The summed E-state index contributed by atoms with van der Waals surface area (Å²) in [4.78, 5) is 25.8. The predicted molar refractivity (Wildman–Crippen MR) is 109 cm³/mol. The van der Waals surface area contributed by atoms with Gasteiger partial charge < -0.3 is 14.6 Å². The highest BCUT2D eigenvalue weighted by Gasteiger charge is 2.15. The van der Waals surface area contributed by atoms with E-state index >= 15 is 0 Å². The highest BCUT2D eigenvalue weighted by molar-refractivity contribution is 6.36. The Labute approximate surface area is 166 Å². The highest BCUT2D eigenvalue weighted by atomic mass is 35.5. The summed E-state index contributed by atoms with van der Waals surface area (Å²) in [7, 11) is 1.72. The van der Waals surface area contributed by atoms with E-state index in [2.05, 4.69) is 5.32 Å². The number of halogens is 2. The molecule has 0 fully saturated rings. The summed E-state index contributed by atoms with van der Waals surface area (Å²) in [5.74, 6) is -0.164. The van der Waals surface area contributed by atoms with Crippen molar-refractivity contribution in [2.24, 2.45) is 0 Å². The number of benzene rings is 2. The zero-order valence-corrected chi connectivity index (χ0v) is 16.2. The van der Waals surface area contributed by atoms with Crippen LogP contribution < -0.4 is 10.9 Å². The van der Waals surface area contributed by atoms with Gasteiger partial charge in [0.05, 0.1) is 16.3 Å². The summed E-state index contributed by atoms with van der Waals surface area (Å²) in [5.41, 5.74) is 1.28. The first kappa shape index (κ1) is 19.3. The first-order valence-corrected chi connectivity index (χ1v) is 9.18. The smallest absolute Gasteiger partial charge is 0.338 e. The molecule has 140 valence electrons. The second kappa shape index (κ2) is 8.46. The molecule has 0 radical (unpaired) electrons. The second-order valence-corrected chi connectivity index (χ2v) is 6.95. The fourth-order valence-corrected chi connectivity index (χ4v) is 3.26. The number of carbonyl (C=O) groups excluding carboxylic acids is 1. The van der Waals surface area contributed by atoms with Gasteiger partial charge in [0.2, 0.25) is 0 Å². The van der Waals surface area contributed by atoms with Crippen molar-refractivity contribution >= 4 is 45.8 Å². The molecule has 2 aromatic carbocycles. The first-order chi connectivity index (χ1) is 13.0. The monoisotopic (exact) mass is 404 g/mol. The minimum Gasteiger partial charge on any atom is -0.423 e. The molecule has 0 aliphatic heterocycles. The average Bonchev–Trinajstić information content (AvgIpc) is 2.64. The van der Waals surface area contributed by atoms with Crippen LogP contribution in [0.25, 0.3) is 11.0 Å². The molecule has 0 atom stereocenters. The third-order valence-electron chi connectivity index (χ3n) is 4.14. The van der Waals surface area contributed by atoms with E-state index in [1.807, 2.05) is 18.2 Å². The van der Waals surface area contributed by atoms with Crippen LogP contribution in [0.2, 0.25) is 10.0 Å². The summed E-state index contributed by atoms with van der Waals surface area (Å²) in [6.07, 6.45) is 0.696. The summed E-state index contributed by atoms with van der Waals surface area (Å²) >= 11 is 12.0. The lowest BCUT2D eigenvalue weighted by molar-refractivity contribution is 0.0795. The van der Waals surface area contributed by atoms with Crippen LogP contribution in [0.4, 0.5) is 5.69 Å². The Morgan fingerprint density at radius 1 is 1.15 bits per heavy atom. The number of hydrogen-bond donors (Lipinski definition) is 1. The first-order valence-electron chi connectivity index (χ1n) is 8.43. The van der Waals surface area contributed by atoms with Crippen LogP contribution in [0.3, 0.4) is 0 Å². The van der Waals surface area contributed by atoms with Crippen molar-refractivity contribution in [3.05, 3.63) is 74.6 Å². The molecule has 3 rings (SSSR count). The normalized spacial score (nSPS) is 10.8. The maximum Gasteiger partial charge on any atom is 0.338 e. The zero-order valence-electron chi connectivity index (χ0n) is 14.7. The van der Waals surface area contributed by atoms with Gasteiger partial charge >= 0.3 is 5.63 Å². The Kier molecular flexibility index (Phi) is 6.04. The van der Waals surface area contributed by atoms with Gasteiger partial charge in [-0.15, -0.1) is 0 Å². The molecule has 27 heavy (non-hydrogen) atoms. The molecule has 0 aliphatic carbocycles. The number of fused-ring (bicyclic) bond motifs is 1. The van der Waals surface area contributed by atoms with Crippen molar-refractivity contribution in [3.8, 4) is 0 Å². The Morgan fingerprint density at radius 2 is 1.93 bits per heavy atom. The lowest BCUT2D eigenvalue weighted by Crippen LogP contribution is -2.29. The van der Waals surface area contributed by atoms with Crippen molar-refractivity contribution < 1.29 is 9.21 Å². The SMILES string of the molecule is CN(CCCNc1cc(=O)oc2ccccc12)C(=O)c1ccc(Cl)cc1Cl. The lowest BCUT2D eigenvalue weighted by Gasteiger charge is -2.18. The third-order valence-corrected chi connectivity index (χ3v) is 4.69. The number of hydrogen-bond acceptors (Lipinski definition) is 4. The van der Waals surface area contributed by atoms with Crippen LogP contribution >= 0.6 is 23.2 Å². The molecule has 1 aromatic heterocycles. The van der Waals surface area contributed by atoms with E-state index in [1.54, 1.807) is 36.2 Å². The van der Waals surface area contributed by atoms with Gasteiger partial charge in [-0.3, -0.25) is 4.79 Å². The molecule has 0 unspecified atom stereocenters. The van der Waals surface area contributed by atoms with E-state index in [-0.39, 0.29) is 5.91 Å². The van der Waals surface area contributed by atoms with E-state index in [9.17, 15) is 9.59 Å². The lowest BCUT2D eigenvalue weighted by atomic mass is 10.2. The van der Waals surface area contributed by atoms with Crippen LogP contribution in [0.15, 0.2) is 57.7 Å². The maximum atomic E-state index is 12.5. The molecule has 3 aromatic rings. The van der Waals surface area contributed by atoms with E-state index in [4.69, 9.17) is 27.6 Å². The van der Waals surface area contributed by atoms with Gasteiger partial charge in [-0.1, -0.05) is 35.3 Å². The molecule has 0 aliphatic rings. The summed E-state index contributed by atoms with van der Waals surface area (Å²) in [6.45, 7) is 1.13. The number of anilines is 1. The van der Waals surface area contributed by atoms with Crippen LogP contribution in [0.5, 0.6) is 0 Å². The summed E-state index contributed by atoms with van der Waals surface area (Å²) < 4.78 is 5.18. The summed E-state index contributed by atoms with van der Waals surface area (Å²) in [6, 6.07) is 13.6. The Morgan fingerprint density at radius 3 is 2.70 bits per heavy atom. The molecule has 1 heterocycles. The molecule has 0 saturated heterocycles. The average molecular weight is 405 g/mol. The minimum absolute atomic E-state index is 0.164. The molecule has 0 bridgehead atoms. The van der Waals surface area contributed by atoms with Crippen molar-refractivity contribution in [2.75, 3.05) is 25.5 Å². The van der Waals surface area contributed by atoms with E-state index in [0.29, 0.717) is 40.7 Å². The van der Waals surface area contributed by atoms with Gasteiger partial charge in [0.1, 0.15) is 5.58 Å². The van der Waals surface area contributed by atoms with Gasteiger partial charge in [-0.25, -0.2) is 4.79 Å². The molecule has 7 heteroatoms. The van der Waals surface area contributed by atoms with Crippen molar-refractivity contribution in [2.45, 2.75) is 6.42 Å². The van der Waals surface area contributed by atoms with Gasteiger partial charge in [0, 0.05) is 36.6 Å². The van der Waals surface area contributed by atoms with E-state index in [1.165, 1.54) is 6.07 Å². The highest BCUT2D eigenvalue weighted by Crippen LogP contribution is 2.23. The fraction of sp³-hybridized carbons (Fsp3) is 0.200. The van der Waals surface area contributed by atoms with Crippen molar-refractivity contribution in [1.82, 2.24) is 4.90 Å². The largest absolute Gasteiger partial charge is 0.423 e. The van der Waals surface area contributed by atoms with Gasteiger partial charge in [0.15, 0.2) is 0 Å². The molecular formula is C20H18Cl2N2O3. The zero-order chi connectivity index (χ0) is 19.4. The quantitative estimate of drug-likeness (QED) is 0.478. The number of rotatable bonds is 6. The molecule has 0 spiro atoms. The van der Waals surface area contributed by atoms with E-state index in [0.717, 1.165) is 11.1 Å². The minimum atomic E-state index is -0.402. The number of nitrogens with one attached hydrogen (secondary N) is 1. The third kappa shape index (κ3) is 4.62. The second-order valence-electron chi connectivity index (χ2n) is 6.11. The Balaban J connectivity index is 1.59. The predicted octanol–water partition coefficient (Wildman–Crippen LogP) is 4.67. The van der Waals surface area contributed by atoms with Crippen LogP contribution in [0, 0.1) is 0 Å². The fourth-order valence-electron chi connectivity index (χ4n) is 2.77. The van der Waals surface area contributed by atoms with Crippen molar-refractivity contribution in [3.63, 3.8) is 0 Å². The molecular weight excluding hydrogens is 387 g/mol. The number of carbonyl (C=O) groups is 1.